The van der Waals surface area contributed by atoms with Gasteiger partial charge in [-0.15, -0.1) is 11.3 Å². The van der Waals surface area contributed by atoms with Crippen LogP contribution in [0.3, 0.4) is 0 Å². The van der Waals surface area contributed by atoms with Gasteiger partial charge in [0, 0.05) is 12.0 Å². The Labute approximate surface area is 138 Å². The predicted molar refractivity (Wildman–Crippen MR) is 87.5 cm³/mol. The second kappa shape index (κ2) is 4.82. The molecule has 0 bridgehead atoms. The van der Waals surface area contributed by atoms with Gasteiger partial charge in [0.15, 0.2) is 0 Å². The van der Waals surface area contributed by atoms with Gasteiger partial charge in [-0.2, -0.15) is 0 Å². The van der Waals surface area contributed by atoms with Crippen molar-refractivity contribution in [3.63, 3.8) is 0 Å². The second-order valence-corrected chi connectivity index (χ2v) is 8.66. The Hall–Kier alpha value is -1.86. The summed E-state index contributed by atoms with van der Waals surface area (Å²) in [7, 11) is -2.53. The molecule has 2 heterocycles. The average Bonchev–Trinajstić information content (AvgIpc) is 3.02. The van der Waals surface area contributed by atoms with Crippen molar-refractivity contribution in [1.29, 1.82) is 0 Å². The summed E-state index contributed by atoms with van der Waals surface area (Å²) in [6.45, 7) is 0.450. The number of hydrogen-bond donors (Lipinski definition) is 0. The maximum absolute atomic E-state index is 13.1. The van der Waals surface area contributed by atoms with Gasteiger partial charge in [0.25, 0.3) is 10.0 Å². The zero-order valence-corrected chi connectivity index (χ0v) is 14.1. The van der Waals surface area contributed by atoms with Crippen molar-refractivity contribution in [2.75, 3.05) is 18.0 Å². The van der Waals surface area contributed by atoms with Gasteiger partial charge in [0.05, 0.1) is 12.8 Å². The molecule has 1 aromatic heterocycles. The number of para-hydroxylation sites is 1. The van der Waals surface area contributed by atoms with Gasteiger partial charge < -0.3 is 4.74 Å². The molecule has 1 aliphatic heterocycles. The molecule has 2 aliphatic rings. The summed E-state index contributed by atoms with van der Waals surface area (Å²) in [5, 5.41) is 1.61. The predicted octanol–water partition coefficient (Wildman–Crippen LogP) is 2.78. The number of hydrogen-bond acceptors (Lipinski definition) is 5. The summed E-state index contributed by atoms with van der Waals surface area (Å²) in [5.41, 5.74) is 1.79. The van der Waals surface area contributed by atoms with Crippen molar-refractivity contribution in [3.05, 3.63) is 46.2 Å². The van der Waals surface area contributed by atoms with Gasteiger partial charge in [-0.25, -0.2) is 13.2 Å². The first-order valence-corrected chi connectivity index (χ1v) is 9.60. The second-order valence-electron chi connectivity index (χ2n) is 5.91. The third-order valence-corrected chi connectivity index (χ3v) is 7.44. The normalized spacial score (nSPS) is 18.0. The van der Waals surface area contributed by atoms with E-state index in [-0.39, 0.29) is 15.2 Å². The van der Waals surface area contributed by atoms with Crippen LogP contribution in [0, 0.1) is 0 Å². The summed E-state index contributed by atoms with van der Waals surface area (Å²) in [4.78, 5) is 12.0. The number of ether oxygens (including phenoxy) is 1. The maximum Gasteiger partial charge on any atom is 0.349 e. The molecule has 0 radical (unpaired) electrons. The highest BCUT2D eigenvalue weighted by Crippen LogP contribution is 2.57. The molecule has 0 N–H and O–H groups in total. The van der Waals surface area contributed by atoms with Crippen molar-refractivity contribution >= 4 is 33.0 Å². The molecule has 23 heavy (non-hydrogen) atoms. The van der Waals surface area contributed by atoms with Crippen molar-refractivity contribution in [1.82, 2.24) is 0 Å². The molecule has 1 spiro atoms. The first-order valence-electron chi connectivity index (χ1n) is 7.28. The lowest BCUT2D eigenvalue weighted by molar-refractivity contribution is 0.0602. The molecule has 120 valence electrons. The highest BCUT2D eigenvalue weighted by atomic mass is 32.2. The minimum atomic E-state index is -3.78. The first kappa shape index (κ1) is 14.7. The average molecular weight is 349 g/mol. The number of anilines is 1. The Morgan fingerprint density at radius 2 is 2.00 bits per heavy atom. The number of sulfonamides is 1. The summed E-state index contributed by atoms with van der Waals surface area (Å²) in [6.07, 6.45) is 2.01. The largest absolute Gasteiger partial charge is 0.465 e. The fraction of sp³-hybridized carbons (Fsp3) is 0.312. The standard InChI is InChI=1S/C16H15NO4S2/c1-21-15(18)14-13(6-9-22-14)23(19,20)17-10-16(7-8-16)11-4-2-3-5-12(11)17/h2-6,9H,7-8,10H2,1H3. The Bertz CT molecular complexity index is 896. The molecule has 5 nitrogen and oxygen atoms in total. The van der Waals surface area contributed by atoms with Gasteiger partial charge in [-0.3, -0.25) is 4.31 Å². The molecule has 2 aromatic rings. The van der Waals surface area contributed by atoms with Crippen LogP contribution in [0.25, 0.3) is 0 Å². The first-order chi connectivity index (χ1) is 11.0. The third kappa shape index (κ3) is 2.03. The van der Waals surface area contributed by atoms with Crippen LogP contribution in [0.15, 0.2) is 40.6 Å². The number of benzene rings is 1. The SMILES string of the molecule is COC(=O)c1sccc1S(=O)(=O)N1CC2(CC2)c2ccccc21. The van der Waals surface area contributed by atoms with Crippen molar-refractivity contribution < 1.29 is 17.9 Å². The van der Waals surface area contributed by atoms with E-state index in [9.17, 15) is 13.2 Å². The van der Waals surface area contributed by atoms with Crippen LogP contribution in [0.4, 0.5) is 5.69 Å². The van der Waals surface area contributed by atoms with Gasteiger partial charge in [-0.1, -0.05) is 18.2 Å². The van der Waals surface area contributed by atoms with E-state index in [1.807, 2.05) is 24.3 Å². The number of nitrogens with zero attached hydrogens (tertiary/aromatic N) is 1. The topological polar surface area (TPSA) is 63.7 Å². The third-order valence-electron chi connectivity index (χ3n) is 4.61. The number of esters is 1. The van der Waals surface area contributed by atoms with E-state index in [4.69, 9.17) is 4.74 Å². The number of carbonyl (C=O) groups is 1. The minimum Gasteiger partial charge on any atom is -0.465 e. The Morgan fingerprint density at radius 1 is 1.26 bits per heavy atom. The Balaban J connectivity index is 1.83. The van der Waals surface area contributed by atoms with Gasteiger partial charge in [0.1, 0.15) is 9.77 Å². The maximum atomic E-state index is 13.1. The Kier molecular flexibility index (Phi) is 3.08. The summed E-state index contributed by atoms with van der Waals surface area (Å²) >= 11 is 1.08. The number of fused-ring (bicyclic) bond motifs is 2. The Morgan fingerprint density at radius 3 is 2.70 bits per heavy atom. The number of thiophene rings is 1. The van der Waals surface area contributed by atoms with Crippen LogP contribution in [-0.2, 0) is 20.2 Å². The van der Waals surface area contributed by atoms with E-state index in [2.05, 4.69) is 0 Å². The van der Waals surface area contributed by atoms with E-state index in [1.165, 1.54) is 17.5 Å². The lowest BCUT2D eigenvalue weighted by Crippen LogP contribution is -2.32. The van der Waals surface area contributed by atoms with Crippen LogP contribution in [-0.4, -0.2) is 28.0 Å². The molecular weight excluding hydrogens is 334 g/mol. The molecule has 0 unspecified atom stereocenters. The number of rotatable bonds is 3. The zero-order chi connectivity index (χ0) is 16.2. The molecule has 1 aromatic carbocycles. The molecule has 0 atom stereocenters. The van der Waals surface area contributed by atoms with Crippen molar-refractivity contribution in [3.8, 4) is 0 Å². The van der Waals surface area contributed by atoms with Crippen molar-refractivity contribution in [2.24, 2.45) is 0 Å². The van der Waals surface area contributed by atoms with E-state index >= 15 is 0 Å². The molecule has 0 amide bonds. The minimum absolute atomic E-state index is 0.0295. The van der Waals surface area contributed by atoms with Crippen molar-refractivity contribution in [2.45, 2.75) is 23.2 Å². The molecule has 1 saturated carbocycles. The van der Waals surface area contributed by atoms with E-state index < -0.39 is 16.0 Å². The summed E-state index contributed by atoms with van der Waals surface area (Å²) < 4.78 is 32.4. The van der Waals surface area contributed by atoms with E-state index in [1.54, 1.807) is 5.38 Å². The number of carbonyl (C=O) groups excluding carboxylic acids is 1. The molecular formula is C16H15NO4S2. The van der Waals surface area contributed by atoms with Gasteiger partial charge in [0.2, 0.25) is 0 Å². The molecule has 0 saturated heterocycles. The van der Waals surface area contributed by atoms with Gasteiger partial charge in [-0.05, 0) is 35.9 Å². The highest BCUT2D eigenvalue weighted by Gasteiger charge is 2.54. The lowest BCUT2D eigenvalue weighted by atomic mass is 9.99. The monoisotopic (exact) mass is 349 g/mol. The zero-order valence-electron chi connectivity index (χ0n) is 12.5. The van der Waals surface area contributed by atoms with Crippen LogP contribution in [0.2, 0.25) is 0 Å². The molecule has 7 heteroatoms. The molecule has 1 aliphatic carbocycles. The number of methoxy groups -OCH3 is 1. The summed E-state index contributed by atoms with van der Waals surface area (Å²) in [5.74, 6) is -0.618. The summed E-state index contributed by atoms with van der Waals surface area (Å²) in [6, 6.07) is 9.11. The van der Waals surface area contributed by atoms with Crippen LogP contribution in [0.1, 0.15) is 28.1 Å². The molecule has 1 fully saturated rings. The van der Waals surface area contributed by atoms with Gasteiger partial charge >= 0.3 is 5.97 Å². The highest BCUT2D eigenvalue weighted by molar-refractivity contribution is 7.93. The fourth-order valence-corrected chi connectivity index (χ4v) is 6.12. The van der Waals surface area contributed by atoms with E-state index in [0.717, 1.165) is 35.4 Å². The fourth-order valence-electron chi connectivity index (χ4n) is 3.24. The van der Waals surface area contributed by atoms with Crippen LogP contribution < -0.4 is 4.31 Å². The quantitative estimate of drug-likeness (QED) is 0.800. The smallest absolute Gasteiger partial charge is 0.349 e. The lowest BCUT2D eigenvalue weighted by Gasteiger charge is -2.20. The van der Waals surface area contributed by atoms with E-state index in [0.29, 0.717) is 6.54 Å². The molecule has 4 rings (SSSR count). The van der Waals surface area contributed by atoms with Crippen LogP contribution in [0.5, 0.6) is 0 Å². The van der Waals surface area contributed by atoms with Crippen LogP contribution >= 0.6 is 11.3 Å².